The fourth-order valence-corrected chi connectivity index (χ4v) is 3.63. The first kappa shape index (κ1) is 19.5. The molecule has 0 aromatic heterocycles. The molecular weight excluding hydrogens is 418 g/mol. The third-order valence-corrected chi connectivity index (χ3v) is 5.39. The van der Waals surface area contributed by atoms with Crippen LogP contribution < -0.4 is 10.0 Å². The highest BCUT2D eigenvalue weighted by Gasteiger charge is 2.24. The van der Waals surface area contributed by atoms with Gasteiger partial charge in [0.1, 0.15) is 16.5 Å². The van der Waals surface area contributed by atoms with Crippen molar-refractivity contribution in [1.29, 1.82) is 0 Å². The van der Waals surface area contributed by atoms with Gasteiger partial charge in [0.25, 0.3) is 0 Å². The van der Waals surface area contributed by atoms with Crippen molar-refractivity contribution in [1.82, 2.24) is 10.0 Å². The van der Waals surface area contributed by atoms with Crippen LogP contribution in [0.5, 0.6) is 0 Å². The van der Waals surface area contributed by atoms with Crippen LogP contribution in [0.15, 0.2) is 51.8 Å². The summed E-state index contributed by atoms with van der Waals surface area (Å²) < 4.78 is 54.3. The molecule has 1 amide bonds. The van der Waals surface area contributed by atoms with Gasteiger partial charge in [0.15, 0.2) is 0 Å². The number of sulfonamides is 1. The minimum absolute atomic E-state index is 0.107. The second kappa shape index (κ2) is 8.03. The standard InChI is InChI=1S/C16H15BrF2N2O3S/c1-10(21-25(23,24)15-5-3-2-4-13(15)18)16(22)20-9-11-6-7-12(17)8-14(11)19/h2-8,10,21H,9H2,1H3,(H,20,22)/t10-/m0/s1. The van der Waals surface area contributed by atoms with Crippen molar-refractivity contribution >= 4 is 31.9 Å². The molecule has 134 valence electrons. The number of halogens is 3. The van der Waals surface area contributed by atoms with Crippen LogP contribution in [0.4, 0.5) is 8.78 Å². The van der Waals surface area contributed by atoms with Gasteiger partial charge in [0, 0.05) is 16.6 Å². The van der Waals surface area contributed by atoms with Crippen molar-refractivity contribution in [2.75, 3.05) is 0 Å². The molecule has 0 spiro atoms. The van der Waals surface area contributed by atoms with Crippen molar-refractivity contribution in [2.45, 2.75) is 24.4 Å². The fraction of sp³-hybridized carbons (Fsp3) is 0.188. The summed E-state index contributed by atoms with van der Waals surface area (Å²) in [6.07, 6.45) is 0. The topological polar surface area (TPSA) is 75.3 Å². The average Bonchev–Trinajstić information content (AvgIpc) is 2.53. The molecule has 1 atom stereocenters. The van der Waals surface area contributed by atoms with Crippen LogP contribution in [0.1, 0.15) is 12.5 Å². The molecule has 0 aliphatic rings. The normalized spacial score (nSPS) is 12.6. The lowest BCUT2D eigenvalue weighted by atomic mass is 10.2. The summed E-state index contributed by atoms with van der Waals surface area (Å²) in [7, 11) is -4.20. The number of amides is 1. The molecular formula is C16H15BrF2N2O3S. The molecule has 0 fully saturated rings. The monoisotopic (exact) mass is 432 g/mol. The maximum atomic E-state index is 13.7. The molecule has 0 aliphatic heterocycles. The Morgan fingerprint density at radius 2 is 1.84 bits per heavy atom. The van der Waals surface area contributed by atoms with E-state index in [4.69, 9.17) is 0 Å². The highest BCUT2D eigenvalue weighted by Crippen LogP contribution is 2.15. The van der Waals surface area contributed by atoms with E-state index in [0.29, 0.717) is 4.47 Å². The summed E-state index contributed by atoms with van der Waals surface area (Å²) in [6, 6.07) is 8.04. The number of rotatable bonds is 6. The Bertz CT molecular complexity index is 891. The van der Waals surface area contributed by atoms with Crippen LogP contribution in [-0.2, 0) is 21.4 Å². The number of carbonyl (C=O) groups excluding carboxylic acids is 1. The van der Waals surface area contributed by atoms with Gasteiger partial charge in [0.05, 0.1) is 6.04 Å². The van der Waals surface area contributed by atoms with E-state index >= 15 is 0 Å². The highest BCUT2D eigenvalue weighted by molar-refractivity contribution is 9.10. The maximum absolute atomic E-state index is 13.7. The number of carbonyl (C=O) groups is 1. The van der Waals surface area contributed by atoms with Gasteiger partial charge in [-0.1, -0.05) is 34.1 Å². The van der Waals surface area contributed by atoms with Gasteiger partial charge < -0.3 is 5.32 Å². The number of hydrogen-bond donors (Lipinski definition) is 2. The Hall–Kier alpha value is -1.84. The summed E-state index contributed by atoms with van der Waals surface area (Å²) >= 11 is 3.13. The van der Waals surface area contributed by atoms with E-state index in [1.54, 1.807) is 6.07 Å². The molecule has 2 aromatic carbocycles. The summed E-state index contributed by atoms with van der Waals surface area (Å²) in [5, 5.41) is 2.43. The number of benzene rings is 2. The minimum Gasteiger partial charge on any atom is -0.351 e. The molecule has 0 radical (unpaired) electrons. The van der Waals surface area contributed by atoms with Gasteiger partial charge in [-0.3, -0.25) is 4.79 Å². The zero-order chi connectivity index (χ0) is 18.6. The molecule has 2 rings (SSSR count). The number of nitrogens with one attached hydrogen (secondary N) is 2. The molecule has 9 heteroatoms. The van der Waals surface area contributed by atoms with E-state index < -0.39 is 38.5 Å². The highest BCUT2D eigenvalue weighted by atomic mass is 79.9. The van der Waals surface area contributed by atoms with E-state index in [-0.39, 0.29) is 12.1 Å². The Balaban J connectivity index is 2.01. The molecule has 25 heavy (non-hydrogen) atoms. The fourth-order valence-electron chi connectivity index (χ4n) is 2.01. The summed E-state index contributed by atoms with van der Waals surface area (Å²) in [5.41, 5.74) is 0.251. The van der Waals surface area contributed by atoms with E-state index in [1.807, 2.05) is 0 Å². The van der Waals surface area contributed by atoms with Crippen molar-refractivity contribution in [3.8, 4) is 0 Å². The van der Waals surface area contributed by atoms with Crippen LogP contribution in [-0.4, -0.2) is 20.4 Å². The predicted octanol–water partition coefficient (Wildman–Crippen LogP) is 2.71. The average molecular weight is 433 g/mol. The first-order valence-electron chi connectivity index (χ1n) is 7.19. The summed E-state index contributed by atoms with van der Waals surface area (Å²) in [4.78, 5) is 11.5. The summed E-state index contributed by atoms with van der Waals surface area (Å²) in [6.45, 7) is 1.20. The molecule has 0 bridgehead atoms. The van der Waals surface area contributed by atoms with E-state index in [0.717, 1.165) is 12.1 Å². The van der Waals surface area contributed by atoms with Crippen LogP contribution in [0.3, 0.4) is 0 Å². The van der Waals surface area contributed by atoms with Gasteiger partial charge in [-0.25, -0.2) is 17.2 Å². The number of hydrogen-bond acceptors (Lipinski definition) is 3. The van der Waals surface area contributed by atoms with Crippen LogP contribution in [0.25, 0.3) is 0 Å². The molecule has 0 unspecified atom stereocenters. The van der Waals surface area contributed by atoms with E-state index in [2.05, 4.69) is 26.0 Å². The molecule has 2 aromatic rings. The van der Waals surface area contributed by atoms with Crippen molar-refractivity contribution in [3.63, 3.8) is 0 Å². The lowest BCUT2D eigenvalue weighted by Gasteiger charge is -2.15. The first-order valence-corrected chi connectivity index (χ1v) is 9.47. The molecule has 0 saturated carbocycles. The first-order chi connectivity index (χ1) is 11.7. The SMILES string of the molecule is C[C@H](NS(=O)(=O)c1ccccc1F)C(=O)NCc1ccc(Br)cc1F. The quantitative estimate of drug-likeness (QED) is 0.736. The van der Waals surface area contributed by atoms with Gasteiger partial charge in [-0.05, 0) is 31.2 Å². The minimum atomic E-state index is -4.20. The summed E-state index contributed by atoms with van der Waals surface area (Å²) in [5.74, 6) is -2.09. The third kappa shape index (κ3) is 5.07. The van der Waals surface area contributed by atoms with Crippen molar-refractivity contribution in [2.24, 2.45) is 0 Å². The molecule has 2 N–H and O–H groups in total. The third-order valence-electron chi connectivity index (χ3n) is 3.32. The Kier molecular flexibility index (Phi) is 6.26. The zero-order valence-corrected chi connectivity index (χ0v) is 15.5. The van der Waals surface area contributed by atoms with Gasteiger partial charge >= 0.3 is 0 Å². The zero-order valence-electron chi connectivity index (χ0n) is 13.1. The van der Waals surface area contributed by atoms with Crippen LogP contribution in [0, 0.1) is 11.6 Å². The lowest BCUT2D eigenvalue weighted by Crippen LogP contribution is -2.44. The van der Waals surface area contributed by atoms with Gasteiger partial charge in [-0.2, -0.15) is 4.72 Å². The second-order valence-electron chi connectivity index (χ2n) is 5.23. The Labute approximate surface area is 152 Å². The smallest absolute Gasteiger partial charge is 0.244 e. The Morgan fingerprint density at radius 1 is 1.16 bits per heavy atom. The van der Waals surface area contributed by atoms with Crippen LogP contribution >= 0.6 is 15.9 Å². The van der Waals surface area contributed by atoms with Crippen LogP contribution in [0.2, 0.25) is 0 Å². The van der Waals surface area contributed by atoms with E-state index in [1.165, 1.54) is 31.2 Å². The molecule has 0 aliphatic carbocycles. The second-order valence-corrected chi connectivity index (χ2v) is 7.83. The van der Waals surface area contributed by atoms with Crippen molar-refractivity contribution in [3.05, 3.63) is 64.1 Å². The lowest BCUT2D eigenvalue weighted by molar-refractivity contribution is -0.122. The van der Waals surface area contributed by atoms with E-state index in [9.17, 15) is 22.0 Å². The molecule has 5 nitrogen and oxygen atoms in total. The molecule has 0 saturated heterocycles. The predicted molar refractivity (Wildman–Crippen MR) is 92.1 cm³/mol. The molecule has 0 heterocycles. The largest absolute Gasteiger partial charge is 0.351 e. The Morgan fingerprint density at radius 3 is 2.48 bits per heavy atom. The van der Waals surface area contributed by atoms with Gasteiger partial charge in [-0.15, -0.1) is 0 Å². The van der Waals surface area contributed by atoms with Crippen molar-refractivity contribution < 1.29 is 22.0 Å². The van der Waals surface area contributed by atoms with Gasteiger partial charge in [0.2, 0.25) is 15.9 Å². The maximum Gasteiger partial charge on any atom is 0.244 e.